The van der Waals surface area contributed by atoms with E-state index in [9.17, 15) is 13.2 Å². The van der Waals surface area contributed by atoms with Crippen molar-refractivity contribution >= 4 is 21.6 Å². The molecule has 1 saturated heterocycles. The maximum absolute atomic E-state index is 12.7. The molecule has 1 fully saturated rings. The molecule has 2 heterocycles. The fraction of sp³-hybridized carbons (Fsp3) is 0.316. The minimum Gasteiger partial charge on any atom is -0.308 e. The first-order chi connectivity index (χ1) is 12.1. The summed E-state index contributed by atoms with van der Waals surface area (Å²) in [5.74, 6) is -0.0468. The summed E-state index contributed by atoms with van der Waals surface area (Å²) in [6.45, 7) is 1.77. The van der Waals surface area contributed by atoms with Gasteiger partial charge in [0.2, 0.25) is 10.0 Å². The molecule has 1 amide bonds. The van der Waals surface area contributed by atoms with E-state index in [-0.39, 0.29) is 5.91 Å². The molecule has 0 unspecified atom stereocenters. The fourth-order valence-electron chi connectivity index (χ4n) is 3.56. The van der Waals surface area contributed by atoms with Crippen LogP contribution in [0.3, 0.4) is 0 Å². The third kappa shape index (κ3) is 2.85. The number of amides is 1. The number of rotatable bonds is 3. The Morgan fingerprint density at radius 1 is 0.920 bits per heavy atom. The van der Waals surface area contributed by atoms with Crippen molar-refractivity contribution in [2.75, 3.05) is 24.5 Å². The van der Waals surface area contributed by atoms with Gasteiger partial charge < -0.3 is 4.90 Å². The Hall–Kier alpha value is -2.18. The Kier molecular flexibility index (Phi) is 4.09. The van der Waals surface area contributed by atoms with Gasteiger partial charge in [-0.1, -0.05) is 18.2 Å². The molecular weight excluding hydrogens is 336 g/mol. The van der Waals surface area contributed by atoms with Crippen molar-refractivity contribution in [1.82, 2.24) is 4.31 Å². The summed E-state index contributed by atoms with van der Waals surface area (Å²) in [7, 11) is -3.42. The number of hydrogen-bond donors (Lipinski definition) is 0. The maximum Gasteiger partial charge on any atom is 0.258 e. The molecule has 5 nitrogen and oxygen atoms in total. The van der Waals surface area contributed by atoms with E-state index in [4.69, 9.17) is 0 Å². The van der Waals surface area contributed by atoms with Gasteiger partial charge >= 0.3 is 0 Å². The highest BCUT2D eigenvalue weighted by Crippen LogP contribution is 2.32. The zero-order valence-corrected chi connectivity index (χ0v) is 14.7. The van der Waals surface area contributed by atoms with E-state index in [2.05, 4.69) is 0 Å². The van der Waals surface area contributed by atoms with Crippen LogP contribution in [0.25, 0.3) is 0 Å². The van der Waals surface area contributed by atoms with E-state index in [0.29, 0.717) is 36.5 Å². The molecule has 0 aromatic heterocycles. The lowest BCUT2D eigenvalue weighted by Gasteiger charge is -2.19. The minimum absolute atomic E-state index is 0.0468. The largest absolute Gasteiger partial charge is 0.308 e. The monoisotopic (exact) mass is 356 g/mol. The SMILES string of the molecule is O=C(c1ccccc1)N1CCc2cc(S(=O)(=O)N3CCCC3)ccc21. The van der Waals surface area contributed by atoms with E-state index in [1.54, 1.807) is 39.5 Å². The van der Waals surface area contributed by atoms with E-state index in [0.717, 1.165) is 24.1 Å². The van der Waals surface area contributed by atoms with E-state index in [1.807, 2.05) is 18.2 Å². The van der Waals surface area contributed by atoms with Crippen LogP contribution in [0, 0.1) is 0 Å². The van der Waals surface area contributed by atoms with E-state index >= 15 is 0 Å². The molecule has 0 saturated carbocycles. The molecule has 0 aliphatic carbocycles. The fourth-order valence-corrected chi connectivity index (χ4v) is 5.13. The molecule has 0 spiro atoms. The number of anilines is 1. The molecule has 2 aromatic rings. The summed E-state index contributed by atoms with van der Waals surface area (Å²) in [6.07, 6.45) is 2.52. The zero-order chi connectivity index (χ0) is 17.4. The molecule has 2 aromatic carbocycles. The lowest BCUT2D eigenvalue weighted by atomic mass is 10.1. The summed E-state index contributed by atoms with van der Waals surface area (Å²) in [4.78, 5) is 14.8. The zero-order valence-electron chi connectivity index (χ0n) is 13.9. The van der Waals surface area contributed by atoms with Crippen LogP contribution in [0.1, 0.15) is 28.8 Å². The third-order valence-corrected chi connectivity index (χ3v) is 6.81. The van der Waals surface area contributed by atoms with Gasteiger partial charge in [-0.25, -0.2) is 8.42 Å². The number of nitrogens with zero attached hydrogens (tertiary/aromatic N) is 2. The molecule has 0 radical (unpaired) electrons. The molecule has 130 valence electrons. The van der Waals surface area contributed by atoms with Gasteiger partial charge in [-0.05, 0) is 55.2 Å². The topological polar surface area (TPSA) is 57.7 Å². The van der Waals surface area contributed by atoms with Crippen molar-refractivity contribution in [3.05, 3.63) is 59.7 Å². The quantitative estimate of drug-likeness (QED) is 0.850. The number of carbonyl (C=O) groups excluding carboxylic acids is 1. The summed E-state index contributed by atoms with van der Waals surface area (Å²) in [5, 5.41) is 0. The third-order valence-electron chi connectivity index (χ3n) is 4.92. The Morgan fingerprint density at radius 3 is 2.36 bits per heavy atom. The van der Waals surface area contributed by atoms with Crippen molar-refractivity contribution in [1.29, 1.82) is 0 Å². The van der Waals surface area contributed by atoms with Crippen LogP contribution in [-0.4, -0.2) is 38.3 Å². The van der Waals surface area contributed by atoms with Crippen LogP contribution >= 0.6 is 0 Å². The molecule has 2 aliphatic rings. The number of carbonyl (C=O) groups is 1. The maximum atomic E-state index is 12.7. The summed E-state index contributed by atoms with van der Waals surface area (Å²) >= 11 is 0. The average Bonchev–Trinajstić information content (AvgIpc) is 3.31. The first-order valence-electron chi connectivity index (χ1n) is 8.57. The van der Waals surface area contributed by atoms with Crippen LogP contribution in [0.4, 0.5) is 5.69 Å². The predicted octanol–water partition coefficient (Wildman–Crippen LogP) is 2.67. The second-order valence-electron chi connectivity index (χ2n) is 6.47. The number of hydrogen-bond acceptors (Lipinski definition) is 3. The summed E-state index contributed by atoms with van der Waals surface area (Å²) < 4.78 is 27.0. The van der Waals surface area contributed by atoms with Crippen molar-refractivity contribution < 1.29 is 13.2 Å². The molecule has 0 N–H and O–H groups in total. The minimum atomic E-state index is -3.42. The van der Waals surface area contributed by atoms with Gasteiger partial charge in [0, 0.05) is 30.9 Å². The van der Waals surface area contributed by atoms with Crippen LogP contribution in [-0.2, 0) is 16.4 Å². The van der Waals surface area contributed by atoms with E-state index < -0.39 is 10.0 Å². The second kappa shape index (κ2) is 6.28. The van der Waals surface area contributed by atoms with Crippen molar-refractivity contribution in [2.45, 2.75) is 24.2 Å². The molecule has 0 atom stereocenters. The van der Waals surface area contributed by atoms with Gasteiger partial charge in [0.05, 0.1) is 4.90 Å². The predicted molar refractivity (Wildman–Crippen MR) is 96.3 cm³/mol. The van der Waals surface area contributed by atoms with Crippen LogP contribution in [0.2, 0.25) is 0 Å². The molecule has 4 rings (SSSR count). The van der Waals surface area contributed by atoms with Gasteiger partial charge in [0.15, 0.2) is 0 Å². The Bertz CT molecular complexity index is 904. The standard InChI is InChI=1S/C19H20N2O3S/c22-19(15-6-2-1-3-7-15)21-13-10-16-14-17(8-9-18(16)21)25(23,24)20-11-4-5-12-20/h1-3,6-9,14H,4-5,10-13H2. The highest BCUT2D eigenvalue weighted by atomic mass is 32.2. The number of fused-ring (bicyclic) bond motifs is 1. The van der Waals surface area contributed by atoms with Crippen molar-refractivity contribution in [3.63, 3.8) is 0 Å². The van der Waals surface area contributed by atoms with Crippen LogP contribution < -0.4 is 4.90 Å². The molecule has 2 aliphatic heterocycles. The smallest absolute Gasteiger partial charge is 0.258 e. The van der Waals surface area contributed by atoms with Crippen molar-refractivity contribution in [2.24, 2.45) is 0 Å². The highest BCUT2D eigenvalue weighted by molar-refractivity contribution is 7.89. The number of benzene rings is 2. The Labute approximate surface area is 147 Å². The summed E-state index contributed by atoms with van der Waals surface area (Å²) in [5.41, 5.74) is 2.38. The van der Waals surface area contributed by atoms with Crippen molar-refractivity contribution in [3.8, 4) is 0 Å². The van der Waals surface area contributed by atoms with Gasteiger partial charge in [0.1, 0.15) is 0 Å². The van der Waals surface area contributed by atoms with Gasteiger partial charge in [-0.15, -0.1) is 0 Å². The highest BCUT2D eigenvalue weighted by Gasteiger charge is 2.30. The summed E-state index contributed by atoms with van der Waals surface area (Å²) in [6, 6.07) is 14.3. The molecule has 25 heavy (non-hydrogen) atoms. The molecular formula is C19H20N2O3S. The normalized spacial score (nSPS) is 17.7. The van der Waals surface area contributed by atoms with Gasteiger partial charge in [-0.3, -0.25) is 4.79 Å². The lowest BCUT2D eigenvalue weighted by molar-refractivity contribution is 0.0989. The second-order valence-corrected chi connectivity index (χ2v) is 8.41. The van der Waals surface area contributed by atoms with E-state index in [1.165, 1.54) is 0 Å². The Morgan fingerprint density at radius 2 is 1.64 bits per heavy atom. The lowest BCUT2D eigenvalue weighted by Crippen LogP contribution is -2.29. The average molecular weight is 356 g/mol. The van der Waals surface area contributed by atoms with Gasteiger partial charge in [0.25, 0.3) is 5.91 Å². The molecule has 0 bridgehead atoms. The first-order valence-corrected chi connectivity index (χ1v) is 10.0. The van der Waals surface area contributed by atoms with Crippen LogP contribution in [0.15, 0.2) is 53.4 Å². The first kappa shape index (κ1) is 16.3. The molecule has 6 heteroatoms. The number of sulfonamides is 1. The van der Waals surface area contributed by atoms with Gasteiger partial charge in [-0.2, -0.15) is 4.31 Å². The van der Waals surface area contributed by atoms with Crippen LogP contribution in [0.5, 0.6) is 0 Å². The Balaban J connectivity index is 1.64.